The number of rotatable bonds is 0. The molecule has 1 rings (SSSR count). The first kappa shape index (κ1) is 6.85. The van der Waals surface area contributed by atoms with Crippen molar-refractivity contribution in [2.24, 2.45) is 11.3 Å². The van der Waals surface area contributed by atoms with Crippen LogP contribution in [-0.4, -0.2) is 0 Å². The van der Waals surface area contributed by atoms with Gasteiger partial charge >= 0.3 is 0 Å². The first-order valence-electron chi connectivity index (χ1n) is 3.62. The standard InChI is InChI=1S/C9H16/c1-6-7(2)8(6)9(3,4)5/h8H,1-5H3. The second-order valence-corrected chi connectivity index (χ2v) is 4.17. The van der Waals surface area contributed by atoms with Crippen molar-refractivity contribution in [1.29, 1.82) is 0 Å². The average Bonchev–Trinajstić information content (AvgIpc) is 2.11. The number of hydrogen-bond acceptors (Lipinski definition) is 0. The lowest BCUT2D eigenvalue weighted by molar-refractivity contribution is 0.361. The van der Waals surface area contributed by atoms with Crippen LogP contribution in [0.3, 0.4) is 0 Å². The van der Waals surface area contributed by atoms with Crippen LogP contribution in [0, 0.1) is 11.3 Å². The van der Waals surface area contributed by atoms with Crippen molar-refractivity contribution in [1.82, 2.24) is 0 Å². The van der Waals surface area contributed by atoms with E-state index in [1.807, 2.05) is 0 Å². The van der Waals surface area contributed by atoms with Crippen molar-refractivity contribution in [3.05, 3.63) is 11.1 Å². The first-order chi connectivity index (χ1) is 3.94. The Balaban J connectivity index is 2.56. The lowest BCUT2D eigenvalue weighted by Gasteiger charge is -2.18. The van der Waals surface area contributed by atoms with Crippen molar-refractivity contribution in [3.8, 4) is 0 Å². The smallest absolute Gasteiger partial charge is 0.00556 e. The quantitative estimate of drug-likeness (QED) is 0.435. The highest BCUT2D eigenvalue weighted by Gasteiger charge is 2.38. The van der Waals surface area contributed by atoms with Crippen LogP contribution in [0.5, 0.6) is 0 Å². The summed E-state index contributed by atoms with van der Waals surface area (Å²) in [6.45, 7) is 11.4. The van der Waals surface area contributed by atoms with Gasteiger partial charge in [0, 0.05) is 5.92 Å². The SMILES string of the molecule is CC1=C(C)C1C(C)(C)C. The highest BCUT2D eigenvalue weighted by molar-refractivity contribution is 5.39. The van der Waals surface area contributed by atoms with Gasteiger partial charge in [-0.1, -0.05) is 31.9 Å². The van der Waals surface area contributed by atoms with Crippen LogP contribution in [-0.2, 0) is 0 Å². The van der Waals surface area contributed by atoms with E-state index < -0.39 is 0 Å². The molecule has 0 spiro atoms. The van der Waals surface area contributed by atoms with E-state index in [9.17, 15) is 0 Å². The predicted molar refractivity (Wildman–Crippen MR) is 41.3 cm³/mol. The molecule has 0 unspecified atom stereocenters. The molecule has 0 nitrogen and oxygen atoms in total. The zero-order valence-corrected chi connectivity index (χ0v) is 7.08. The minimum atomic E-state index is 0.480. The number of hydrogen-bond donors (Lipinski definition) is 0. The Kier molecular flexibility index (Phi) is 1.23. The fraction of sp³-hybridized carbons (Fsp3) is 0.778. The van der Waals surface area contributed by atoms with E-state index in [1.54, 1.807) is 11.1 Å². The second-order valence-electron chi connectivity index (χ2n) is 4.17. The zero-order valence-electron chi connectivity index (χ0n) is 7.08. The van der Waals surface area contributed by atoms with E-state index in [-0.39, 0.29) is 0 Å². The lowest BCUT2D eigenvalue weighted by atomic mass is 9.86. The predicted octanol–water partition coefficient (Wildman–Crippen LogP) is 3.00. The van der Waals surface area contributed by atoms with Gasteiger partial charge in [-0.15, -0.1) is 0 Å². The van der Waals surface area contributed by atoms with Gasteiger partial charge in [0.25, 0.3) is 0 Å². The largest absolute Gasteiger partial charge is 0.0661 e. The van der Waals surface area contributed by atoms with Crippen LogP contribution in [0.25, 0.3) is 0 Å². The molecule has 0 aromatic rings. The fourth-order valence-electron chi connectivity index (χ4n) is 1.77. The maximum atomic E-state index is 2.30. The highest BCUT2D eigenvalue weighted by Crippen LogP contribution is 2.49. The summed E-state index contributed by atoms with van der Waals surface area (Å²) < 4.78 is 0. The van der Waals surface area contributed by atoms with Crippen molar-refractivity contribution in [2.45, 2.75) is 34.6 Å². The summed E-state index contributed by atoms with van der Waals surface area (Å²) >= 11 is 0. The number of allylic oxidation sites excluding steroid dienone is 2. The maximum absolute atomic E-state index is 2.30. The van der Waals surface area contributed by atoms with Gasteiger partial charge in [-0.3, -0.25) is 0 Å². The molecule has 0 aliphatic heterocycles. The van der Waals surface area contributed by atoms with Gasteiger partial charge < -0.3 is 0 Å². The summed E-state index contributed by atoms with van der Waals surface area (Å²) in [5.74, 6) is 0.817. The molecule has 0 radical (unpaired) electrons. The summed E-state index contributed by atoms with van der Waals surface area (Å²) in [6, 6.07) is 0. The van der Waals surface area contributed by atoms with E-state index in [1.165, 1.54) is 0 Å². The van der Waals surface area contributed by atoms with Gasteiger partial charge in [0.1, 0.15) is 0 Å². The van der Waals surface area contributed by atoms with Crippen LogP contribution in [0.1, 0.15) is 34.6 Å². The topological polar surface area (TPSA) is 0 Å². The minimum absolute atomic E-state index is 0.480. The van der Waals surface area contributed by atoms with Crippen molar-refractivity contribution < 1.29 is 0 Å². The first-order valence-corrected chi connectivity index (χ1v) is 3.62. The second kappa shape index (κ2) is 1.62. The normalized spacial score (nSPS) is 21.0. The molecule has 0 heterocycles. The molecule has 0 saturated heterocycles. The lowest BCUT2D eigenvalue weighted by Crippen LogP contribution is -2.10. The van der Waals surface area contributed by atoms with Gasteiger partial charge in [-0.25, -0.2) is 0 Å². The molecule has 0 N–H and O–H groups in total. The summed E-state index contributed by atoms with van der Waals surface area (Å²) in [6.07, 6.45) is 0. The molecular formula is C9H16. The molecule has 0 fully saturated rings. The Morgan fingerprint density at radius 2 is 1.33 bits per heavy atom. The zero-order chi connectivity index (χ0) is 7.23. The highest BCUT2D eigenvalue weighted by atomic mass is 14.4. The summed E-state index contributed by atoms with van der Waals surface area (Å²) in [7, 11) is 0. The maximum Gasteiger partial charge on any atom is 0.00556 e. The van der Waals surface area contributed by atoms with E-state index in [2.05, 4.69) is 34.6 Å². The molecule has 1 aliphatic rings. The summed E-state index contributed by atoms with van der Waals surface area (Å²) in [5.41, 5.74) is 3.71. The molecule has 0 bridgehead atoms. The molecular weight excluding hydrogens is 108 g/mol. The Hall–Kier alpha value is -0.260. The fourth-order valence-corrected chi connectivity index (χ4v) is 1.77. The molecule has 0 aromatic heterocycles. The van der Waals surface area contributed by atoms with Crippen molar-refractivity contribution in [2.75, 3.05) is 0 Å². The van der Waals surface area contributed by atoms with Crippen LogP contribution in [0.4, 0.5) is 0 Å². The third kappa shape index (κ3) is 1.03. The molecule has 52 valence electrons. The molecule has 0 aromatic carbocycles. The van der Waals surface area contributed by atoms with E-state index in [0.29, 0.717) is 5.41 Å². The molecule has 0 amide bonds. The van der Waals surface area contributed by atoms with Gasteiger partial charge in [0.2, 0.25) is 0 Å². The summed E-state index contributed by atoms with van der Waals surface area (Å²) in [5, 5.41) is 0. The van der Waals surface area contributed by atoms with Gasteiger partial charge in [0.05, 0.1) is 0 Å². The Morgan fingerprint density at radius 1 is 1.00 bits per heavy atom. The Labute approximate surface area is 58.0 Å². The Morgan fingerprint density at radius 3 is 1.33 bits per heavy atom. The Bertz CT molecular complexity index is 143. The van der Waals surface area contributed by atoms with Gasteiger partial charge in [-0.05, 0) is 19.3 Å². The van der Waals surface area contributed by atoms with Crippen molar-refractivity contribution >= 4 is 0 Å². The van der Waals surface area contributed by atoms with Gasteiger partial charge in [0.15, 0.2) is 0 Å². The monoisotopic (exact) mass is 124 g/mol. The molecule has 0 heteroatoms. The van der Waals surface area contributed by atoms with Crippen molar-refractivity contribution in [3.63, 3.8) is 0 Å². The molecule has 1 aliphatic carbocycles. The molecule has 9 heavy (non-hydrogen) atoms. The van der Waals surface area contributed by atoms with E-state index in [0.717, 1.165) is 5.92 Å². The minimum Gasteiger partial charge on any atom is -0.0661 e. The summed E-state index contributed by atoms with van der Waals surface area (Å²) in [4.78, 5) is 0. The third-order valence-electron chi connectivity index (χ3n) is 2.27. The van der Waals surface area contributed by atoms with Crippen LogP contribution in [0.2, 0.25) is 0 Å². The van der Waals surface area contributed by atoms with E-state index in [4.69, 9.17) is 0 Å². The van der Waals surface area contributed by atoms with Gasteiger partial charge in [-0.2, -0.15) is 0 Å². The van der Waals surface area contributed by atoms with E-state index >= 15 is 0 Å². The molecule has 0 atom stereocenters. The molecule has 0 saturated carbocycles. The van der Waals surface area contributed by atoms with Crippen LogP contribution < -0.4 is 0 Å². The third-order valence-corrected chi connectivity index (χ3v) is 2.27. The van der Waals surface area contributed by atoms with Crippen LogP contribution in [0.15, 0.2) is 11.1 Å². The van der Waals surface area contributed by atoms with Crippen LogP contribution >= 0.6 is 0 Å². The average molecular weight is 124 g/mol.